The maximum absolute atomic E-state index is 6.22. The lowest BCUT2D eigenvalue weighted by Gasteiger charge is -2.30. The summed E-state index contributed by atoms with van der Waals surface area (Å²) in [7, 11) is 0. The van der Waals surface area contributed by atoms with Crippen LogP contribution in [0.2, 0.25) is 0 Å². The molecule has 0 bridgehead atoms. The van der Waals surface area contributed by atoms with Gasteiger partial charge in [0.05, 0.1) is 0 Å². The van der Waals surface area contributed by atoms with E-state index >= 15 is 0 Å². The Hall–Kier alpha value is -1.28. The molecule has 0 spiro atoms. The van der Waals surface area contributed by atoms with Crippen molar-refractivity contribution in [2.45, 2.75) is 45.4 Å². The fourth-order valence-corrected chi connectivity index (χ4v) is 3.57. The first-order valence-corrected chi connectivity index (χ1v) is 7.99. The van der Waals surface area contributed by atoms with Gasteiger partial charge in [-0.1, -0.05) is 38.0 Å². The monoisotopic (exact) mass is 271 g/mol. The van der Waals surface area contributed by atoms with Crippen molar-refractivity contribution >= 4 is 11.0 Å². The Bertz CT molecular complexity index is 572. The van der Waals surface area contributed by atoms with Gasteiger partial charge < -0.3 is 9.73 Å². The summed E-state index contributed by atoms with van der Waals surface area (Å²) in [4.78, 5) is 0. The minimum Gasteiger partial charge on any atom is -0.460 e. The van der Waals surface area contributed by atoms with Gasteiger partial charge in [-0.25, -0.2) is 0 Å². The van der Waals surface area contributed by atoms with Crippen molar-refractivity contribution in [2.24, 2.45) is 5.92 Å². The minimum absolute atomic E-state index is 0.592. The lowest BCUT2D eigenvalue weighted by molar-refractivity contribution is 0.269. The quantitative estimate of drug-likeness (QED) is 0.877. The van der Waals surface area contributed by atoms with Gasteiger partial charge in [0.15, 0.2) is 0 Å². The molecule has 1 aliphatic carbocycles. The van der Waals surface area contributed by atoms with Gasteiger partial charge in [-0.3, -0.25) is 0 Å². The van der Waals surface area contributed by atoms with E-state index in [1.807, 2.05) is 0 Å². The second kappa shape index (κ2) is 6.01. The highest BCUT2D eigenvalue weighted by molar-refractivity contribution is 5.81. The van der Waals surface area contributed by atoms with Gasteiger partial charge in [0, 0.05) is 11.3 Å². The van der Waals surface area contributed by atoms with Gasteiger partial charge in [-0.05, 0) is 50.4 Å². The zero-order chi connectivity index (χ0) is 13.9. The molecule has 1 aromatic heterocycles. The summed E-state index contributed by atoms with van der Waals surface area (Å²) in [6.07, 6.45) is 5.30. The summed E-state index contributed by atoms with van der Waals surface area (Å²) in [6, 6.07) is 8.69. The molecule has 2 unspecified atom stereocenters. The highest BCUT2D eigenvalue weighted by Crippen LogP contribution is 2.40. The fourth-order valence-electron chi connectivity index (χ4n) is 3.57. The first-order valence-electron chi connectivity index (χ1n) is 7.99. The van der Waals surface area contributed by atoms with Crippen molar-refractivity contribution < 1.29 is 4.42 Å². The fraction of sp³-hybridized carbons (Fsp3) is 0.556. The van der Waals surface area contributed by atoms with Crippen molar-refractivity contribution in [3.63, 3.8) is 0 Å². The van der Waals surface area contributed by atoms with Crippen LogP contribution in [-0.2, 0) is 0 Å². The molecule has 2 atom stereocenters. The molecule has 2 nitrogen and oxygen atoms in total. The van der Waals surface area contributed by atoms with Crippen molar-refractivity contribution in [3.8, 4) is 0 Å². The van der Waals surface area contributed by atoms with Crippen LogP contribution in [0.25, 0.3) is 11.0 Å². The molecule has 0 aliphatic heterocycles. The van der Waals surface area contributed by atoms with Crippen molar-refractivity contribution in [1.29, 1.82) is 0 Å². The number of nitrogens with one attached hydrogen (secondary N) is 1. The molecular weight excluding hydrogens is 246 g/mol. The smallest absolute Gasteiger partial charge is 0.137 e. The molecule has 1 saturated carbocycles. The highest BCUT2D eigenvalue weighted by atomic mass is 16.3. The number of para-hydroxylation sites is 1. The number of furan rings is 1. The second-order valence-electron chi connectivity index (χ2n) is 6.10. The molecule has 0 radical (unpaired) electrons. The summed E-state index contributed by atoms with van der Waals surface area (Å²) in [5, 5.41) is 4.78. The number of aryl methyl sites for hydroxylation is 1. The average molecular weight is 271 g/mol. The number of hydrogen-bond donors (Lipinski definition) is 1. The molecule has 1 aliphatic rings. The Labute approximate surface area is 121 Å². The number of benzene rings is 1. The van der Waals surface area contributed by atoms with Crippen LogP contribution in [0, 0.1) is 12.8 Å². The summed E-state index contributed by atoms with van der Waals surface area (Å²) in [5.41, 5.74) is 2.32. The first-order chi connectivity index (χ1) is 9.79. The molecule has 20 heavy (non-hydrogen) atoms. The summed E-state index contributed by atoms with van der Waals surface area (Å²) in [5.74, 6) is 2.52. The zero-order valence-corrected chi connectivity index (χ0v) is 12.6. The van der Waals surface area contributed by atoms with Crippen LogP contribution in [0.5, 0.6) is 0 Å². The van der Waals surface area contributed by atoms with E-state index in [9.17, 15) is 0 Å². The van der Waals surface area contributed by atoms with Gasteiger partial charge in [0.1, 0.15) is 11.3 Å². The molecule has 2 aromatic rings. The van der Waals surface area contributed by atoms with Crippen LogP contribution in [0.4, 0.5) is 0 Å². The van der Waals surface area contributed by atoms with Gasteiger partial charge in [0.25, 0.3) is 0 Å². The van der Waals surface area contributed by atoms with Gasteiger partial charge in [0.2, 0.25) is 0 Å². The van der Waals surface area contributed by atoms with Crippen LogP contribution < -0.4 is 5.32 Å². The standard InChI is InChI=1S/C18H25NO/c1-3-19-12-15-8-4-5-10-16(15)17-11-14-9-6-7-13(2)18(14)20-17/h6-7,9,11,15-16,19H,3-5,8,10,12H2,1-2H3. The molecular formula is C18H25NO. The number of rotatable bonds is 4. The second-order valence-corrected chi connectivity index (χ2v) is 6.10. The van der Waals surface area contributed by atoms with E-state index in [0.29, 0.717) is 5.92 Å². The third-order valence-electron chi connectivity index (χ3n) is 4.69. The van der Waals surface area contributed by atoms with Gasteiger partial charge in [-0.2, -0.15) is 0 Å². The largest absolute Gasteiger partial charge is 0.460 e. The normalized spacial score (nSPS) is 23.3. The molecule has 2 heteroatoms. The Morgan fingerprint density at radius 1 is 1.25 bits per heavy atom. The van der Waals surface area contributed by atoms with E-state index in [4.69, 9.17) is 4.42 Å². The Balaban J connectivity index is 1.89. The lowest BCUT2D eigenvalue weighted by Crippen LogP contribution is -2.29. The molecule has 1 fully saturated rings. The number of fused-ring (bicyclic) bond motifs is 1. The van der Waals surface area contributed by atoms with Crippen molar-refractivity contribution in [1.82, 2.24) is 5.32 Å². The van der Waals surface area contributed by atoms with Gasteiger partial charge >= 0.3 is 0 Å². The Kier molecular flexibility index (Phi) is 4.11. The molecule has 0 amide bonds. The topological polar surface area (TPSA) is 25.2 Å². The van der Waals surface area contributed by atoms with E-state index in [1.165, 1.54) is 42.4 Å². The lowest BCUT2D eigenvalue weighted by atomic mass is 9.78. The molecule has 0 saturated heterocycles. The average Bonchev–Trinajstić information content (AvgIpc) is 2.91. The maximum atomic E-state index is 6.22. The molecule has 3 rings (SSSR count). The first kappa shape index (κ1) is 13.7. The van der Waals surface area contributed by atoms with Crippen molar-refractivity contribution in [3.05, 3.63) is 35.6 Å². The third-order valence-corrected chi connectivity index (χ3v) is 4.69. The van der Waals surface area contributed by atoms with E-state index in [2.05, 4.69) is 43.4 Å². The molecule has 1 heterocycles. The predicted octanol–water partition coefficient (Wildman–Crippen LogP) is 4.62. The van der Waals surface area contributed by atoms with E-state index < -0.39 is 0 Å². The molecule has 108 valence electrons. The van der Waals surface area contributed by atoms with Crippen molar-refractivity contribution in [2.75, 3.05) is 13.1 Å². The summed E-state index contributed by atoms with van der Waals surface area (Å²) >= 11 is 0. The number of hydrogen-bond acceptors (Lipinski definition) is 2. The third kappa shape index (κ3) is 2.62. The molecule has 1 N–H and O–H groups in total. The SMILES string of the molecule is CCNCC1CCCCC1c1cc2cccc(C)c2o1. The van der Waals surface area contributed by atoms with Crippen LogP contribution in [-0.4, -0.2) is 13.1 Å². The van der Waals surface area contributed by atoms with Crippen LogP contribution >= 0.6 is 0 Å². The van der Waals surface area contributed by atoms with Crippen LogP contribution in [0.3, 0.4) is 0 Å². The summed E-state index contributed by atoms with van der Waals surface area (Å²) in [6.45, 7) is 6.49. The van der Waals surface area contributed by atoms with Crippen LogP contribution in [0.1, 0.15) is 49.8 Å². The highest BCUT2D eigenvalue weighted by Gasteiger charge is 2.28. The van der Waals surface area contributed by atoms with E-state index in [0.717, 1.165) is 24.6 Å². The van der Waals surface area contributed by atoms with Crippen LogP contribution in [0.15, 0.2) is 28.7 Å². The van der Waals surface area contributed by atoms with E-state index in [1.54, 1.807) is 0 Å². The predicted molar refractivity (Wildman–Crippen MR) is 84.2 cm³/mol. The summed E-state index contributed by atoms with van der Waals surface area (Å²) < 4.78 is 6.22. The minimum atomic E-state index is 0.592. The van der Waals surface area contributed by atoms with E-state index in [-0.39, 0.29) is 0 Å². The van der Waals surface area contributed by atoms with Gasteiger partial charge in [-0.15, -0.1) is 0 Å². The zero-order valence-electron chi connectivity index (χ0n) is 12.6. The Morgan fingerprint density at radius 3 is 2.90 bits per heavy atom. The maximum Gasteiger partial charge on any atom is 0.137 e. The molecule has 1 aromatic carbocycles. The Morgan fingerprint density at radius 2 is 2.10 bits per heavy atom.